The van der Waals surface area contributed by atoms with Crippen molar-refractivity contribution >= 4 is 17.6 Å². The maximum atomic E-state index is 12.5. The van der Waals surface area contributed by atoms with E-state index in [0.29, 0.717) is 11.3 Å². The second kappa shape index (κ2) is 8.71. The standard InChI is InChI=1S/C22H27N3O2/c1-16(2)20(17-9-4-3-5-10-17)24-22(27)23-19-12-8-11-18(15-19)21(26)25-13-6-7-14-25/h3-5,8-12,15-16,20H,6-7,13-14H2,1-2H3,(H2,23,24,27)/t20-/m0/s1. The summed E-state index contributed by atoms with van der Waals surface area (Å²) in [6, 6.07) is 16.7. The molecule has 2 aromatic rings. The van der Waals surface area contributed by atoms with Gasteiger partial charge >= 0.3 is 6.03 Å². The molecule has 0 unspecified atom stereocenters. The Balaban J connectivity index is 1.66. The van der Waals surface area contributed by atoms with Crippen molar-refractivity contribution < 1.29 is 9.59 Å². The SMILES string of the molecule is CC(C)[C@H](NC(=O)Nc1cccc(C(=O)N2CCCC2)c1)c1ccccc1. The van der Waals surface area contributed by atoms with Gasteiger partial charge in [0.2, 0.25) is 0 Å². The van der Waals surface area contributed by atoms with Gasteiger partial charge in [0.15, 0.2) is 0 Å². The van der Waals surface area contributed by atoms with Gasteiger partial charge in [-0.15, -0.1) is 0 Å². The summed E-state index contributed by atoms with van der Waals surface area (Å²) in [5.74, 6) is 0.280. The van der Waals surface area contributed by atoms with Crippen LogP contribution in [0.15, 0.2) is 54.6 Å². The van der Waals surface area contributed by atoms with Gasteiger partial charge in [0.25, 0.3) is 5.91 Å². The molecule has 0 aromatic heterocycles. The number of carbonyl (C=O) groups excluding carboxylic acids is 2. The molecule has 1 aliphatic heterocycles. The summed E-state index contributed by atoms with van der Waals surface area (Å²) >= 11 is 0. The Morgan fingerprint density at radius 1 is 0.963 bits per heavy atom. The summed E-state index contributed by atoms with van der Waals surface area (Å²) in [7, 11) is 0. The van der Waals surface area contributed by atoms with Crippen molar-refractivity contribution in [3.63, 3.8) is 0 Å². The molecule has 1 heterocycles. The summed E-state index contributed by atoms with van der Waals surface area (Å²) < 4.78 is 0. The van der Waals surface area contributed by atoms with Gasteiger partial charge in [-0.1, -0.05) is 50.2 Å². The van der Waals surface area contributed by atoms with E-state index in [0.717, 1.165) is 31.5 Å². The van der Waals surface area contributed by atoms with Gasteiger partial charge in [0.05, 0.1) is 6.04 Å². The first-order valence-electron chi connectivity index (χ1n) is 9.56. The molecule has 5 nitrogen and oxygen atoms in total. The number of amides is 3. The fourth-order valence-electron chi connectivity index (χ4n) is 3.44. The van der Waals surface area contributed by atoms with Gasteiger partial charge in [-0.25, -0.2) is 4.79 Å². The third kappa shape index (κ3) is 4.88. The fraction of sp³-hybridized carbons (Fsp3) is 0.364. The zero-order valence-electron chi connectivity index (χ0n) is 15.9. The van der Waals surface area contributed by atoms with Crippen molar-refractivity contribution in [3.8, 4) is 0 Å². The summed E-state index contributed by atoms with van der Waals surface area (Å²) in [6.07, 6.45) is 2.12. The Morgan fingerprint density at radius 3 is 2.33 bits per heavy atom. The third-order valence-electron chi connectivity index (χ3n) is 4.87. The maximum Gasteiger partial charge on any atom is 0.319 e. The molecule has 3 rings (SSSR count). The Kier molecular flexibility index (Phi) is 6.12. The van der Waals surface area contributed by atoms with E-state index in [1.807, 2.05) is 35.2 Å². The van der Waals surface area contributed by atoms with Crippen LogP contribution in [0.5, 0.6) is 0 Å². The molecule has 5 heteroatoms. The van der Waals surface area contributed by atoms with Crippen LogP contribution in [0.2, 0.25) is 0 Å². The van der Waals surface area contributed by atoms with E-state index in [-0.39, 0.29) is 23.9 Å². The number of hydrogen-bond acceptors (Lipinski definition) is 2. The zero-order chi connectivity index (χ0) is 19.2. The summed E-state index contributed by atoms with van der Waals surface area (Å²) in [6.45, 7) is 5.77. The molecule has 27 heavy (non-hydrogen) atoms. The highest BCUT2D eigenvalue weighted by molar-refractivity contribution is 5.97. The van der Waals surface area contributed by atoms with Crippen molar-refractivity contribution in [2.75, 3.05) is 18.4 Å². The third-order valence-corrected chi connectivity index (χ3v) is 4.87. The van der Waals surface area contributed by atoms with Crippen LogP contribution < -0.4 is 10.6 Å². The number of likely N-dealkylation sites (tertiary alicyclic amines) is 1. The summed E-state index contributed by atoms with van der Waals surface area (Å²) in [5, 5.41) is 5.90. The number of benzene rings is 2. The van der Waals surface area contributed by atoms with Crippen molar-refractivity contribution in [1.82, 2.24) is 10.2 Å². The molecule has 142 valence electrons. The van der Waals surface area contributed by atoms with E-state index in [9.17, 15) is 9.59 Å². The van der Waals surface area contributed by atoms with E-state index < -0.39 is 0 Å². The van der Waals surface area contributed by atoms with E-state index in [4.69, 9.17) is 0 Å². The molecule has 1 aliphatic rings. The number of nitrogens with one attached hydrogen (secondary N) is 2. The monoisotopic (exact) mass is 365 g/mol. The van der Waals surface area contributed by atoms with Crippen molar-refractivity contribution in [2.45, 2.75) is 32.7 Å². The molecule has 0 spiro atoms. The van der Waals surface area contributed by atoms with Gasteiger partial charge < -0.3 is 15.5 Å². The van der Waals surface area contributed by atoms with E-state index in [1.165, 1.54) is 0 Å². The van der Waals surface area contributed by atoms with Gasteiger partial charge in [-0.2, -0.15) is 0 Å². The van der Waals surface area contributed by atoms with Crippen LogP contribution in [0.25, 0.3) is 0 Å². The second-order valence-corrected chi connectivity index (χ2v) is 7.31. The zero-order valence-corrected chi connectivity index (χ0v) is 15.9. The quantitative estimate of drug-likeness (QED) is 0.823. The smallest absolute Gasteiger partial charge is 0.319 e. The average Bonchev–Trinajstić information content (AvgIpc) is 3.21. The van der Waals surface area contributed by atoms with Crippen LogP contribution in [0.4, 0.5) is 10.5 Å². The number of carbonyl (C=O) groups is 2. The highest BCUT2D eigenvalue weighted by Gasteiger charge is 2.21. The topological polar surface area (TPSA) is 61.4 Å². The number of rotatable bonds is 5. The molecular weight excluding hydrogens is 338 g/mol. The lowest BCUT2D eigenvalue weighted by Crippen LogP contribution is -2.35. The minimum absolute atomic E-state index is 0.0286. The molecule has 0 radical (unpaired) electrons. The fourth-order valence-corrected chi connectivity index (χ4v) is 3.44. The molecule has 1 atom stereocenters. The first-order chi connectivity index (χ1) is 13.0. The lowest BCUT2D eigenvalue weighted by molar-refractivity contribution is 0.0793. The average molecular weight is 365 g/mol. The Bertz CT molecular complexity index is 783. The molecule has 0 bridgehead atoms. The lowest BCUT2D eigenvalue weighted by Gasteiger charge is -2.23. The maximum absolute atomic E-state index is 12.5. The number of hydrogen-bond donors (Lipinski definition) is 2. The van der Waals surface area contributed by atoms with Crippen molar-refractivity contribution in [2.24, 2.45) is 5.92 Å². The molecule has 2 N–H and O–H groups in total. The molecule has 3 amide bonds. The van der Waals surface area contributed by atoms with Crippen LogP contribution in [0.3, 0.4) is 0 Å². The Labute approximate surface area is 160 Å². The van der Waals surface area contributed by atoms with E-state index in [2.05, 4.69) is 24.5 Å². The van der Waals surface area contributed by atoms with E-state index >= 15 is 0 Å². The minimum Gasteiger partial charge on any atom is -0.339 e. The molecule has 2 aromatic carbocycles. The molecular formula is C22H27N3O2. The highest BCUT2D eigenvalue weighted by Crippen LogP contribution is 2.22. The summed E-state index contributed by atoms with van der Waals surface area (Å²) in [4.78, 5) is 26.9. The predicted octanol–water partition coefficient (Wildman–Crippen LogP) is 4.44. The van der Waals surface area contributed by atoms with Crippen LogP contribution >= 0.6 is 0 Å². The molecule has 0 aliphatic carbocycles. The van der Waals surface area contributed by atoms with Gasteiger partial charge in [-0.05, 0) is 42.5 Å². The molecule has 0 saturated carbocycles. The number of nitrogens with zero attached hydrogens (tertiary/aromatic N) is 1. The molecule has 1 fully saturated rings. The first-order valence-corrected chi connectivity index (χ1v) is 9.56. The minimum atomic E-state index is -0.275. The first kappa shape index (κ1) is 19.0. The Morgan fingerprint density at radius 2 is 1.67 bits per heavy atom. The second-order valence-electron chi connectivity index (χ2n) is 7.31. The van der Waals surface area contributed by atoms with Gasteiger partial charge in [0.1, 0.15) is 0 Å². The largest absolute Gasteiger partial charge is 0.339 e. The predicted molar refractivity (Wildman–Crippen MR) is 108 cm³/mol. The van der Waals surface area contributed by atoms with Crippen LogP contribution in [0, 0.1) is 5.92 Å². The van der Waals surface area contributed by atoms with Gasteiger partial charge in [-0.3, -0.25) is 4.79 Å². The molecule has 1 saturated heterocycles. The van der Waals surface area contributed by atoms with Crippen LogP contribution in [-0.4, -0.2) is 29.9 Å². The normalized spacial score (nSPS) is 14.9. The van der Waals surface area contributed by atoms with Crippen molar-refractivity contribution in [3.05, 3.63) is 65.7 Å². The van der Waals surface area contributed by atoms with Crippen molar-refractivity contribution in [1.29, 1.82) is 0 Å². The lowest BCUT2D eigenvalue weighted by atomic mass is 9.96. The number of anilines is 1. The van der Waals surface area contributed by atoms with E-state index in [1.54, 1.807) is 24.3 Å². The van der Waals surface area contributed by atoms with Gasteiger partial charge in [0, 0.05) is 24.3 Å². The summed E-state index contributed by atoms with van der Waals surface area (Å²) in [5.41, 5.74) is 2.30. The van der Waals surface area contributed by atoms with Crippen LogP contribution in [0.1, 0.15) is 48.7 Å². The Hall–Kier alpha value is -2.82. The number of urea groups is 1. The highest BCUT2D eigenvalue weighted by atomic mass is 16.2. The van der Waals surface area contributed by atoms with Crippen LogP contribution in [-0.2, 0) is 0 Å².